The van der Waals surface area contributed by atoms with Crippen LogP contribution in [0.4, 0.5) is 4.39 Å². The van der Waals surface area contributed by atoms with Gasteiger partial charge in [-0.25, -0.2) is 9.38 Å². The molecule has 1 saturated carbocycles. The third-order valence-electron chi connectivity index (χ3n) is 4.81. The quantitative estimate of drug-likeness (QED) is 0.833. The highest BCUT2D eigenvalue weighted by atomic mass is 19.1. The summed E-state index contributed by atoms with van der Waals surface area (Å²) in [6, 6.07) is 10.0. The van der Waals surface area contributed by atoms with Crippen LogP contribution in [0, 0.1) is 39.3 Å². The van der Waals surface area contributed by atoms with Gasteiger partial charge in [0.25, 0.3) is 5.91 Å². The van der Waals surface area contributed by atoms with Crippen LogP contribution in [0.2, 0.25) is 0 Å². The minimum atomic E-state index is -1.63. The van der Waals surface area contributed by atoms with Gasteiger partial charge in [0.05, 0.1) is 12.1 Å². The highest BCUT2D eigenvalue weighted by Gasteiger charge is 2.93. The van der Waals surface area contributed by atoms with E-state index in [1.165, 1.54) is 12.1 Å². The monoisotopic (exact) mass is 328 g/mol. The van der Waals surface area contributed by atoms with Crippen LogP contribution < -0.4 is 5.73 Å². The summed E-state index contributed by atoms with van der Waals surface area (Å²) in [6.45, 7) is 3.97. The van der Waals surface area contributed by atoms with Crippen molar-refractivity contribution in [1.82, 2.24) is 0 Å². The molecule has 3 rings (SSSR count). The minimum absolute atomic E-state index is 0.0165. The lowest BCUT2D eigenvalue weighted by Crippen LogP contribution is -2.43. The molecule has 2 aliphatic rings. The van der Waals surface area contributed by atoms with E-state index in [-0.39, 0.29) is 19.0 Å². The third-order valence-corrected chi connectivity index (χ3v) is 4.81. The molecule has 0 unspecified atom stereocenters. The Morgan fingerprint density at radius 3 is 2.21 bits per heavy atom. The molecule has 1 aliphatic heterocycles. The van der Waals surface area contributed by atoms with Crippen LogP contribution in [-0.4, -0.2) is 25.0 Å². The molecule has 1 fully saturated rings. The number of aliphatic imine (C=N–C) groups is 1. The zero-order valence-corrected chi connectivity index (χ0v) is 13.4. The fraction of sp³-hybridized carbons (Fsp3) is 0.471. The van der Waals surface area contributed by atoms with Gasteiger partial charge in [0.15, 0.2) is 5.41 Å². The summed E-state index contributed by atoms with van der Waals surface area (Å²) in [4.78, 5) is 4.24. The van der Waals surface area contributed by atoms with Crippen molar-refractivity contribution < 1.29 is 13.9 Å². The van der Waals surface area contributed by atoms with Gasteiger partial charge in [-0.05, 0) is 31.5 Å². The van der Waals surface area contributed by atoms with Crippen LogP contribution in [-0.2, 0) is 9.47 Å². The Morgan fingerprint density at radius 2 is 1.75 bits per heavy atom. The van der Waals surface area contributed by atoms with Crippen LogP contribution in [0.25, 0.3) is 0 Å². The van der Waals surface area contributed by atoms with Crippen LogP contribution >= 0.6 is 0 Å². The number of rotatable bonds is 5. The molecule has 0 aromatic heterocycles. The topological polar surface area (TPSA) is 104 Å². The Kier molecular flexibility index (Phi) is 3.60. The minimum Gasteiger partial charge on any atom is -0.386 e. The summed E-state index contributed by atoms with van der Waals surface area (Å²) in [5, 5.41) is 19.8. The molecule has 1 aromatic carbocycles. The average molecular weight is 328 g/mol. The van der Waals surface area contributed by atoms with E-state index < -0.39 is 28.5 Å². The maximum absolute atomic E-state index is 13.3. The first-order chi connectivity index (χ1) is 11.5. The van der Waals surface area contributed by atoms with E-state index in [4.69, 9.17) is 15.2 Å². The van der Waals surface area contributed by atoms with Crippen molar-refractivity contribution in [2.24, 2.45) is 21.6 Å². The van der Waals surface area contributed by atoms with Crippen molar-refractivity contribution in [2.75, 3.05) is 13.2 Å². The summed E-state index contributed by atoms with van der Waals surface area (Å²) >= 11 is 0. The smallest absolute Gasteiger partial charge is 0.293 e. The van der Waals surface area contributed by atoms with E-state index >= 15 is 0 Å². The first kappa shape index (κ1) is 16.4. The highest BCUT2D eigenvalue weighted by Crippen LogP contribution is 2.81. The predicted molar refractivity (Wildman–Crippen MR) is 82.8 cm³/mol. The summed E-state index contributed by atoms with van der Waals surface area (Å²) in [7, 11) is 0. The molecular formula is C17H17FN4O2. The van der Waals surface area contributed by atoms with E-state index in [0.29, 0.717) is 5.56 Å². The molecule has 0 radical (unpaired) electrons. The van der Waals surface area contributed by atoms with Crippen molar-refractivity contribution in [3.05, 3.63) is 35.6 Å². The molecule has 2 N–H and O–H groups in total. The first-order valence-corrected chi connectivity index (χ1v) is 7.71. The summed E-state index contributed by atoms with van der Waals surface area (Å²) in [6.07, 6.45) is 0. The first-order valence-electron chi connectivity index (χ1n) is 7.71. The highest BCUT2D eigenvalue weighted by molar-refractivity contribution is 6.00. The lowest BCUT2D eigenvalue weighted by molar-refractivity contribution is -0.255. The van der Waals surface area contributed by atoms with E-state index in [0.717, 1.165) is 0 Å². The normalized spacial score (nSPS) is 32.4. The fourth-order valence-electron chi connectivity index (χ4n) is 3.90. The number of nitriles is 2. The number of amidine groups is 1. The molecule has 3 atom stereocenters. The van der Waals surface area contributed by atoms with Crippen molar-refractivity contribution in [1.29, 1.82) is 10.5 Å². The average Bonchev–Trinajstić information content (AvgIpc) is 3.15. The van der Waals surface area contributed by atoms with E-state index in [2.05, 4.69) is 17.1 Å². The van der Waals surface area contributed by atoms with Crippen LogP contribution in [0.5, 0.6) is 0 Å². The Bertz CT molecular complexity index is 773. The standard InChI is InChI=1S/C17H17FN4O2/c1-3-23-17(24-4-2)16(10-20)13(11-5-7-12(18)8-6-11)15(16,9-19)14(21)22-17/h5-8,13H,3-4H2,1-2H3,(H2,21,22)/t13-,15+,16-/m1/s1. The second-order valence-corrected chi connectivity index (χ2v) is 5.77. The van der Waals surface area contributed by atoms with Crippen LogP contribution in [0.3, 0.4) is 0 Å². The maximum atomic E-state index is 13.3. The Hall–Kier alpha value is -2.48. The van der Waals surface area contributed by atoms with Gasteiger partial charge in [-0.15, -0.1) is 0 Å². The van der Waals surface area contributed by atoms with E-state index in [1.807, 2.05) is 0 Å². The molecule has 1 aromatic rings. The van der Waals surface area contributed by atoms with Gasteiger partial charge >= 0.3 is 0 Å². The van der Waals surface area contributed by atoms with E-state index in [1.54, 1.807) is 26.0 Å². The van der Waals surface area contributed by atoms with E-state index in [9.17, 15) is 14.9 Å². The van der Waals surface area contributed by atoms with Gasteiger partial charge in [0.2, 0.25) is 0 Å². The largest absolute Gasteiger partial charge is 0.386 e. The molecule has 0 saturated heterocycles. The summed E-state index contributed by atoms with van der Waals surface area (Å²) in [5.74, 6) is -2.62. The molecule has 0 bridgehead atoms. The number of halogens is 1. The van der Waals surface area contributed by atoms with Gasteiger partial charge in [0.1, 0.15) is 17.1 Å². The number of nitrogens with two attached hydrogens (primary N) is 1. The van der Waals surface area contributed by atoms with Gasteiger partial charge in [-0.1, -0.05) is 12.1 Å². The number of fused-ring (bicyclic) bond motifs is 1. The lowest BCUT2D eigenvalue weighted by atomic mass is 9.93. The van der Waals surface area contributed by atoms with Gasteiger partial charge in [0, 0.05) is 19.1 Å². The second kappa shape index (κ2) is 5.27. The predicted octanol–water partition coefficient (Wildman–Crippen LogP) is 2.04. The lowest BCUT2D eigenvalue weighted by Gasteiger charge is -2.31. The molecule has 0 spiro atoms. The number of hydrogen-bond acceptors (Lipinski definition) is 6. The number of nitrogens with zero attached hydrogens (tertiary/aromatic N) is 3. The molecule has 124 valence electrons. The third kappa shape index (κ3) is 1.61. The number of benzene rings is 1. The number of hydrogen-bond donors (Lipinski definition) is 1. The van der Waals surface area contributed by atoms with Crippen molar-refractivity contribution in [3.8, 4) is 12.1 Å². The second-order valence-electron chi connectivity index (χ2n) is 5.77. The zero-order chi connectivity index (χ0) is 17.6. The van der Waals surface area contributed by atoms with Gasteiger partial charge in [-0.3, -0.25) is 0 Å². The SMILES string of the molecule is CCOC1(OCC)N=C(N)[C@]2(C#N)[C@@H](c3ccc(F)cc3)[C@@]12C#N. The molecular weight excluding hydrogens is 311 g/mol. The fourth-order valence-corrected chi connectivity index (χ4v) is 3.90. The molecule has 7 heteroatoms. The zero-order valence-electron chi connectivity index (χ0n) is 13.4. The summed E-state index contributed by atoms with van der Waals surface area (Å²) in [5.41, 5.74) is 3.94. The Labute approximate surface area is 139 Å². The Balaban J connectivity index is 2.21. The number of ether oxygens (including phenoxy) is 2. The van der Waals surface area contributed by atoms with Crippen molar-refractivity contribution in [2.45, 2.75) is 25.7 Å². The molecule has 1 heterocycles. The molecule has 0 amide bonds. The molecule has 6 nitrogen and oxygen atoms in total. The van der Waals surface area contributed by atoms with Gasteiger partial charge in [-0.2, -0.15) is 10.5 Å². The molecule has 24 heavy (non-hydrogen) atoms. The van der Waals surface area contributed by atoms with Crippen LogP contribution in [0.15, 0.2) is 29.3 Å². The maximum Gasteiger partial charge on any atom is 0.293 e. The van der Waals surface area contributed by atoms with Gasteiger partial charge < -0.3 is 15.2 Å². The summed E-state index contributed by atoms with van der Waals surface area (Å²) < 4.78 is 24.7. The Morgan fingerprint density at radius 1 is 1.17 bits per heavy atom. The van der Waals surface area contributed by atoms with Crippen molar-refractivity contribution >= 4 is 5.84 Å². The van der Waals surface area contributed by atoms with Crippen molar-refractivity contribution in [3.63, 3.8) is 0 Å². The molecule has 1 aliphatic carbocycles. The van der Waals surface area contributed by atoms with Crippen LogP contribution in [0.1, 0.15) is 25.3 Å².